The smallest absolute Gasteiger partial charge is 0.293 e. The Bertz CT molecular complexity index is 494. The molecular weight excluding hydrogens is 212 g/mol. The van der Waals surface area contributed by atoms with Gasteiger partial charge in [0.05, 0.1) is 0 Å². The summed E-state index contributed by atoms with van der Waals surface area (Å²) in [6, 6.07) is 11.7. The number of carbonyl (C=O) groups is 1. The van der Waals surface area contributed by atoms with Crippen LogP contribution in [0.4, 0.5) is 0 Å². The predicted molar refractivity (Wildman–Crippen MR) is 59.8 cm³/mol. The fraction of sp³-hybridized carbons (Fsp3) is 0.0833. The van der Waals surface area contributed by atoms with Crippen LogP contribution in [0.1, 0.15) is 5.56 Å². The quantitative estimate of drug-likeness (QED) is 0.743. The predicted octanol–water partition coefficient (Wildman–Crippen LogP) is 3.17. The lowest BCUT2D eigenvalue weighted by molar-refractivity contribution is -0.129. The third kappa shape index (κ3) is 2.10. The molecule has 0 aromatic heterocycles. The standard InChI is InChI=1S/C12H9ClO2/c13-12-6-10-4-2-1-3-9(10)5-11(12)7-15-8-14/h1-6,8H,7H2. The maximum atomic E-state index is 10.1. The first-order valence-corrected chi connectivity index (χ1v) is 4.91. The topological polar surface area (TPSA) is 26.3 Å². The van der Waals surface area contributed by atoms with Crippen LogP contribution in [0, 0.1) is 0 Å². The molecule has 2 aromatic rings. The first-order chi connectivity index (χ1) is 7.31. The van der Waals surface area contributed by atoms with Crippen LogP contribution in [-0.4, -0.2) is 6.47 Å². The molecule has 0 saturated heterocycles. The van der Waals surface area contributed by atoms with E-state index in [0.717, 1.165) is 16.3 Å². The van der Waals surface area contributed by atoms with Gasteiger partial charge in [0.15, 0.2) is 0 Å². The number of carbonyl (C=O) groups excluding carboxylic acids is 1. The third-order valence-corrected chi connectivity index (χ3v) is 2.57. The van der Waals surface area contributed by atoms with Crippen molar-refractivity contribution >= 4 is 28.8 Å². The Balaban J connectivity index is 2.47. The van der Waals surface area contributed by atoms with Crippen LogP contribution in [0.5, 0.6) is 0 Å². The molecule has 0 aliphatic carbocycles. The number of rotatable bonds is 3. The summed E-state index contributed by atoms with van der Waals surface area (Å²) in [6.45, 7) is 0.638. The van der Waals surface area contributed by atoms with Gasteiger partial charge in [0.25, 0.3) is 6.47 Å². The first-order valence-electron chi connectivity index (χ1n) is 4.53. The molecule has 0 amide bonds. The normalized spacial score (nSPS) is 10.2. The molecule has 0 radical (unpaired) electrons. The van der Waals surface area contributed by atoms with Crippen LogP contribution >= 0.6 is 11.6 Å². The molecular formula is C12H9ClO2. The summed E-state index contributed by atoms with van der Waals surface area (Å²) in [4.78, 5) is 10.1. The van der Waals surface area contributed by atoms with Gasteiger partial charge in [-0.05, 0) is 22.9 Å². The zero-order chi connectivity index (χ0) is 10.7. The number of halogens is 1. The number of hydrogen-bond acceptors (Lipinski definition) is 2. The van der Waals surface area contributed by atoms with Gasteiger partial charge in [0, 0.05) is 10.6 Å². The molecule has 0 saturated carbocycles. The monoisotopic (exact) mass is 220 g/mol. The van der Waals surface area contributed by atoms with Gasteiger partial charge in [-0.2, -0.15) is 0 Å². The summed E-state index contributed by atoms with van der Waals surface area (Å²) >= 11 is 6.04. The number of ether oxygens (including phenoxy) is 1. The maximum Gasteiger partial charge on any atom is 0.293 e. The highest BCUT2D eigenvalue weighted by Crippen LogP contribution is 2.24. The van der Waals surface area contributed by atoms with Crippen LogP contribution in [0.25, 0.3) is 10.8 Å². The summed E-state index contributed by atoms with van der Waals surface area (Å²) in [6.07, 6.45) is 0. The van der Waals surface area contributed by atoms with E-state index in [2.05, 4.69) is 4.74 Å². The van der Waals surface area contributed by atoms with E-state index in [9.17, 15) is 4.79 Å². The molecule has 0 atom stereocenters. The second-order valence-corrected chi connectivity index (χ2v) is 3.61. The maximum absolute atomic E-state index is 10.1. The fourth-order valence-corrected chi connectivity index (χ4v) is 1.72. The van der Waals surface area contributed by atoms with Crippen molar-refractivity contribution in [3.63, 3.8) is 0 Å². The SMILES string of the molecule is O=COCc1cc2ccccc2cc1Cl. The van der Waals surface area contributed by atoms with E-state index in [4.69, 9.17) is 11.6 Å². The lowest BCUT2D eigenvalue weighted by atomic mass is 10.1. The van der Waals surface area contributed by atoms with Gasteiger partial charge < -0.3 is 4.74 Å². The Morgan fingerprint density at radius 1 is 1.20 bits per heavy atom. The molecule has 0 unspecified atom stereocenters. The highest BCUT2D eigenvalue weighted by molar-refractivity contribution is 6.32. The van der Waals surface area contributed by atoms with E-state index in [1.54, 1.807) is 0 Å². The van der Waals surface area contributed by atoms with Gasteiger partial charge in [-0.3, -0.25) is 4.79 Å². The van der Waals surface area contributed by atoms with Crippen LogP contribution in [0.3, 0.4) is 0 Å². The average molecular weight is 221 g/mol. The summed E-state index contributed by atoms with van der Waals surface area (Å²) in [7, 11) is 0. The highest BCUT2D eigenvalue weighted by Gasteiger charge is 2.02. The molecule has 0 spiro atoms. The summed E-state index contributed by atoms with van der Waals surface area (Å²) in [5, 5.41) is 2.79. The van der Waals surface area contributed by atoms with Crippen molar-refractivity contribution in [1.29, 1.82) is 0 Å². The molecule has 15 heavy (non-hydrogen) atoms. The van der Waals surface area contributed by atoms with E-state index in [-0.39, 0.29) is 6.61 Å². The second-order valence-electron chi connectivity index (χ2n) is 3.20. The Labute approximate surface area is 92.4 Å². The van der Waals surface area contributed by atoms with Crippen molar-refractivity contribution in [3.05, 3.63) is 47.0 Å². The zero-order valence-electron chi connectivity index (χ0n) is 7.94. The van der Waals surface area contributed by atoms with E-state index < -0.39 is 0 Å². The second kappa shape index (κ2) is 4.32. The van der Waals surface area contributed by atoms with Crippen molar-refractivity contribution in [3.8, 4) is 0 Å². The lowest BCUT2D eigenvalue weighted by Gasteiger charge is -2.05. The van der Waals surface area contributed by atoms with Gasteiger partial charge in [0.2, 0.25) is 0 Å². The van der Waals surface area contributed by atoms with Crippen molar-refractivity contribution in [2.45, 2.75) is 6.61 Å². The molecule has 3 heteroatoms. The zero-order valence-corrected chi connectivity index (χ0v) is 8.70. The minimum absolute atomic E-state index is 0.215. The molecule has 0 fully saturated rings. The lowest BCUT2D eigenvalue weighted by Crippen LogP contribution is -1.91. The molecule has 0 bridgehead atoms. The third-order valence-electron chi connectivity index (χ3n) is 2.22. The number of hydrogen-bond donors (Lipinski definition) is 0. The Kier molecular flexibility index (Phi) is 2.88. The number of benzene rings is 2. The summed E-state index contributed by atoms with van der Waals surface area (Å²) < 4.78 is 4.68. The molecule has 2 rings (SSSR count). The van der Waals surface area contributed by atoms with Crippen LogP contribution in [0.2, 0.25) is 5.02 Å². The molecule has 0 aliphatic rings. The molecule has 0 heterocycles. The minimum atomic E-state index is 0.215. The summed E-state index contributed by atoms with van der Waals surface area (Å²) in [5.74, 6) is 0. The molecule has 0 aliphatic heterocycles. The average Bonchev–Trinajstić information content (AvgIpc) is 2.26. The van der Waals surface area contributed by atoms with Crippen molar-refractivity contribution < 1.29 is 9.53 Å². The first kappa shape index (κ1) is 9.99. The van der Waals surface area contributed by atoms with Gasteiger partial charge in [-0.1, -0.05) is 35.9 Å². The van der Waals surface area contributed by atoms with Gasteiger partial charge >= 0.3 is 0 Å². The Morgan fingerprint density at radius 2 is 1.87 bits per heavy atom. The van der Waals surface area contributed by atoms with Crippen LogP contribution in [-0.2, 0) is 16.1 Å². The minimum Gasteiger partial charge on any atom is -0.463 e. The molecule has 76 valence electrons. The summed E-state index contributed by atoms with van der Waals surface area (Å²) in [5.41, 5.74) is 0.822. The van der Waals surface area contributed by atoms with Gasteiger partial charge in [-0.15, -0.1) is 0 Å². The number of fused-ring (bicyclic) bond motifs is 1. The van der Waals surface area contributed by atoms with E-state index in [1.165, 1.54) is 0 Å². The Hall–Kier alpha value is -1.54. The van der Waals surface area contributed by atoms with E-state index in [1.807, 2.05) is 36.4 Å². The molecule has 0 N–H and O–H groups in total. The molecule has 2 aromatic carbocycles. The molecule has 2 nitrogen and oxygen atoms in total. The Morgan fingerprint density at radius 3 is 2.53 bits per heavy atom. The van der Waals surface area contributed by atoms with Crippen molar-refractivity contribution in [2.24, 2.45) is 0 Å². The van der Waals surface area contributed by atoms with Gasteiger partial charge in [-0.25, -0.2) is 0 Å². The van der Waals surface area contributed by atoms with Crippen molar-refractivity contribution in [2.75, 3.05) is 0 Å². The largest absolute Gasteiger partial charge is 0.463 e. The van der Waals surface area contributed by atoms with Crippen LogP contribution < -0.4 is 0 Å². The van der Waals surface area contributed by atoms with Crippen molar-refractivity contribution in [1.82, 2.24) is 0 Å². The van der Waals surface area contributed by atoms with Gasteiger partial charge in [0.1, 0.15) is 6.61 Å². The van der Waals surface area contributed by atoms with Crippen LogP contribution in [0.15, 0.2) is 36.4 Å². The fourth-order valence-electron chi connectivity index (χ4n) is 1.49. The van der Waals surface area contributed by atoms with E-state index in [0.29, 0.717) is 11.5 Å². The van der Waals surface area contributed by atoms with E-state index >= 15 is 0 Å². The highest BCUT2D eigenvalue weighted by atomic mass is 35.5.